The Morgan fingerprint density at radius 2 is 1.93 bits per heavy atom. The van der Waals surface area contributed by atoms with E-state index in [0.717, 1.165) is 0 Å². The molecule has 15 heavy (non-hydrogen) atoms. The van der Waals surface area contributed by atoms with Gasteiger partial charge in [0.25, 0.3) is 0 Å². The molecule has 6 nitrogen and oxygen atoms in total. The van der Waals surface area contributed by atoms with Crippen LogP contribution in [0.3, 0.4) is 0 Å². The third-order valence-corrected chi connectivity index (χ3v) is 2.28. The van der Waals surface area contributed by atoms with Crippen LogP contribution in [0.2, 0.25) is 0 Å². The van der Waals surface area contributed by atoms with Crippen molar-refractivity contribution in [2.75, 3.05) is 0 Å². The summed E-state index contributed by atoms with van der Waals surface area (Å²) in [5, 5.41) is 0. The maximum absolute atomic E-state index is 10.5. The van der Waals surface area contributed by atoms with E-state index in [2.05, 4.69) is 18.1 Å². The van der Waals surface area contributed by atoms with Crippen molar-refractivity contribution in [3.63, 3.8) is 0 Å². The van der Waals surface area contributed by atoms with Gasteiger partial charge in [0, 0.05) is 0 Å². The molecule has 1 aromatic rings. The number of hydrogen-bond acceptors (Lipinski definition) is 5. The summed E-state index contributed by atoms with van der Waals surface area (Å²) in [6.45, 7) is 0. The van der Waals surface area contributed by atoms with Gasteiger partial charge in [-0.2, -0.15) is 8.42 Å². The molecule has 0 amide bonds. The summed E-state index contributed by atoms with van der Waals surface area (Å²) in [5.74, 6) is 0.0733. The molecule has 9 heteroatoms. The van der Waals surface area contributed by atoms with Gasteiger partial charge in [-0.3, -0.25) is 4.55 Å². The molecule has 0 heterocycles. The van der Waals surface area contributed by atoms with E-state index in [4.69, 9.17) is 9.08 Å². The largest absolute Gasteiger partial charge is 0.446 e. The number of nitrogens with zero attached hydrogens (tertiary/aromatic N) is 1. The van der Waals surface area contributed by atoms with Crippen molar-refractivity contribution in [2.45, 2.75) is 0 Å². The fraction of sp³-hybridized carbons (Fsp3) is 0. The first-order valence-electron chi connectivity index (χ1n) is 3.56. The van der Waals surface area contributed by atoms with Crippen LogP contribution >= 0.6 is 18.0 Å². The Hall–Kier alpha value is -0.740. The molecule has 0 aliphatic heterocycles. The van der Waals surface area contributed by atoms with E-state index in [1.165, 1.54) is 12.1 Å². The van der Waals surface area contributed by atoms with Gasteiger partial charge in [0.2, 0.25) is 8.60 Å². The Morgan fingerprint density at radius 1 is 1.33 bits per heavy atom. The van der Waals surface area contributed by atoms with E-state index >= 15 is 0 Å². The van der Waals surface area contributed by atoms with E-state index in [0.29, 0.717) is 0 Å². The Kier molecular flexibility index (Phi) is 4.42. The lowest BCUT2D eigenvalue weighted by Gasteiger charge is -2.05. The summed E-state index contributed by atoms with van der Waals surface area (Å²) in [7, 11) is -2.19. The van der Waals surface area contributed by atoms with Crippen LogP contribution in [0.5, 0.6) is 11.5 Å². The number of benzene rings is 1. The second-order valence-corrected chi connectivity index (χ2v) is 4.54. The van der Waals surface area contributed by atoms with Crippen molar-refractivity contribution in [3.05, 3.63) is 24.3 Å². The first-order valence-corrected chi connectivity index (χ1v) is 6.21. The molecule has 1 aromatic carbocycles. The van der Waals surface area contributed by atoms with Crippen molar-refractivity contribution < 1.29 is 21.7 Å². The van der Waals surface area contributed by atoms with Crippen molar-refractivity contribution in [3.8, 4) is 11.5 Å². The van der Waals surface area contributed by atoms with E-state index in [1.807, 2.05) is 0 Å². The summed E-state index contributed by atoms with van der Waals surface area (Å²) < 4.78 is 42.3. The second kappa shape index (κ2) is 5.37. The fourth-order valence-electron chi connectivity index (χ4n) is 0.775. The topological polar surface area (TPSA) is 85.2 Å². The lowest BCUT2D eigenvalue weighted by molar-refractivity contribution is 0.381. The molecule has 0 aromatic heterocycles. The van der Waals surface area contributed by atoms with Crippen LogP contribution in [0, 0.1) is 0 Å². The highest BCUT2D eigenvalue weighted by atomic mass is 32.3. The van der Waals surface area contributed by atoms with Gasteiger partial charge >= 0.3 is 10.4 Å². The number of para-hydroxylation sites is 2. The van der Waals surface area contributed by atoms with Gasteiger partial charge in [-0.05, 0) is 21.5 Å². The van der Waals surface area contributed by atoms with Crippen LogP contribution in [0.4, 0.5) is 0 Å². The molecule has 1 atom stereocenters. The summed E-state index contributed by atoms with van der Waals surface area (Å²) >= 11 is 0. The highest BCUT2D eigenvalue weighted by Crippen LogP contribution is 2.30. The molecular formula is C6H7NO5P2S. The Balaban J connectivity index is 2.96. The predicted molar refractivity (Wildman–Crippen MR) is 58.3 cm³/mol. The standard InChI is InChI=1S/C6H7NO5P2S/c8-15(9,10)12-6-4-2-1-3-5(6)11-14-7-13/h1-4H,13H2,(H,8,9,10). The average molecular weight is 267 g/mol. The third kappa shape index (κ3) is 4.53. The maximum Gasteiger partial charge on any atom is 0.446 e. The van der Waals surface area contributed by atoms with Gasteiger partial charge < -0.3 is 8.71 Å². The Bertz CT molecular complexity index is 460. The van der Waals surface area contributed by atoms with Crippen molar-refractivity contribution in [1.29, 1.82) is 0 Å². The monoisotopic (exact) mass is 267 g/mol. The molecule has 82 valence electrons. The van der Waals surface area contributed by atoms with Gasteiger partial charge in [0.05, 0.1) is 0 Å². The molecule has 1 unspecified atom stereocenters. The first kappa shape index (κ1) is 12.3. The normalized spacial score (nSPS) is 11.6. The van der Waals surface area contributed by atoms with Gasteiger partial charge in [-0.25, -0.2) is 4.52 Å². The van der Waals surface area contributed by atoms with Crippen LogP contribution < -0.4 is 8.71 Å². The van der Waals surface area contributed by atoms with E-state index in [1.54, 1.807) is 12.1 Å². The van der Waals surface area contributed by atoms with Gasteiger partial charge in [-0.15, -0.1) is 0 Å². The third-order valence-electron chi connectivity index (χ3n) is 1.23. The summed E-state index contributed by atoms with van der Waals surface area (Å²) in [4.78, 5) is 0. The van der Waals surface area contributed by atoms with Gasteiger partial charge in [0.15, 0.2) is 11.5 Å². The number of rotatable bonds is 4. The van der Waals surface area contributed by atoms with Gasteiger partial charge in [0.1, 0.15) is 0 Å². The molecule has 0 radical (unpaired) electrons. The SMILES string of the molecule is O=S(=O)(O)Oc1ccccc1OP=NP. The van der Waals surface area contributed by atoms with E-state index < -0.39 is 10.4 Å². The van der Waals surface area contributed by atoms with Crippen molar-refractivity contribution in [1.82, 2.24) is 0 Å². The fourth-order valence-corrected chi connectivity index (χ4v) is 1.57. The molecule has 0 aliphatic rings. The Labute approximate surface area is 90.8 Å². The summed E-state index contributed by atoms with van der Waals surface area (Å²) in [6.07, 6.45) is 0. The molecule has 0 saturated carbocycles. The maximum atomic E-state index is 10.5. The van der Waals surface area contributed by atoms with Gasteiger partial charge in [-0.1, -0.05) is 12.1 Å². The minimum Gasteiger partial charge on any atom is -0.419 e. The lowest BCUT2D eigenvalue weighted by Crippen LogP contribution is -2.06. The van der Waals surface area contributed by atoms with Crippen LogP contribution in [0.15, 0.2) is 28.8 Å². The zero-order valence-corrected chi connectivity index (χ0v) is 10.1. The Morgan fingerprint density at radius 3 is 2.47 bits per heavy atom. The molecule has 0 fully saturated rings. The lowest BCUT2D eigenvalue weighted by atomic mass is 10.3. The van der Waals surface area contributed by atoms with Crippen LogP contribution in [0.25, 0.3) is 0 Å². The highest BCUT2D eigenvalue weighted by Gasteiger charge is 2.11. The minimum atomic E-state index is -4.54. The summed E-state index contributed by atoms with van der Waals surface area (Å²) in [5.41, 5.74) is 0. The number of hydrogen-bond donors (Lipinski definition) is 1. The van der Waals surface area contributed by atoms with Crippen molar-refractivity contribution >= 4 is 28.4 Å². The van der Waals surface area contributed by atoms with Crippen LogP contribution in [0.1, 0.15) is 0 Å². The minimum absolute atomic E-state index is 0.0962. The van der Waals surface area contributed by atoms with Crippen LogP contribution in [-0.4, -0.2) is 13.0 Å². The smallest absolute Gasteiger partial charge is 0.419 e. The first-order chi connectivity index (χ1) is 7.03. The quantitative estimate of drug-likeness (QED) is 0.666. The molecular weight excluding hydrogens is 260 g/mol. The second-order valence-electron chi connectivity index (χ2n) is 2.25. The zero-order chi connectivity index (χ0) is 11.3. The predicted octanol–water partition coefficient (Wildman–Crippen LogP) is 2.08. The highest BCUT2D eigenvalue weighted by molar-refractivity contribution is 7.81. The average Bonchev–Trinajstić information content (AvgIpc) is 2.14. The molecule has 1 rings (SSSR count). The van der Waals surface area contributed by atoms with E-state index in [-0.39, 0.29) is 20.1 Å². The molecule has 0 spiro atoms. The summed E-state index contributed by atoms with van der Waals surface area (Å²) in [6, 6.07) is 6.01. The zero-order valence-electron chi connectivity index (χ0n) is 7.27. The molecule has 0 saturated heterocycles. The van der Waals surface area contributed by atoms with E-state index in [9.17, 15) is 8.42 Å². The van der Waals surface area contributed by atoms with Crippen molar-refractivity contribution in [2.24, 2.45) is 4.52 Å². The van der Waals surface area contributed by atoms with Crippen LogP contribution in [-0.2, 0) is 10.4 Å². The molecule has 0 aliphatic carbocycles. The molecule has 1 N–H and O–H groups in total. The molecule has 0 bridgehead atoms.